The van der Waals surface area contributed by atoms with Gasteiger partial charge in [-0.3, -0.25) is 0 Å². The van der Waals surface area contributed by atoms with Crippen molar-refractivity contribution < 1.29 is 20.4 Å². The van der Waals surface area contributed by atoms with E-state index in [-0.39, 0.29) is 33.5 Å². The number of aromatic hydroxyl groups is 4. The average molecular weight is 749 g/mol. The van der Waals surface area contributed by atoms with E-state index in [9.17, 15) is 20.4 Å². The van der Waals surface area contributed by atoms with E-state index in [0.29, 0.717) is 29.4 Å². The highest BCUT2D eigenvalue weighted by Crippen LogP contribution is 2.50. The van der Waals surface area contributed by atoms with Gasteiger partial charge in [0.05, 0.1) is 0 Å². The Kier molecular flexibility index (Phi) is 12.1. The van der Waals surface area contributed by atoms with Crippen molar-refractivity contribution in [1.82, 2.24) is 0 Å². The molecule has 300 valence electrons. The molecule has 0 saturated heterocycles. The van der Waals surface area contributed by atoms with E-state index in [1.807, 2.05) is 12.1 Å². The fraction of sp³-hybridized carbons (Fsp3) is 0.529. The minimum absolute atomic E-state index is 0.0290. The highest BCUT2D eigenvalue weighted by atomic mass is 16.3. The number of hydrogen-bond donors (Lipinski definition) is 4. The van der Waals surface area contributed by atoms with E-state index in [4.69, 9.17) is 0 Å². The molecule has 0 aliphatic rings. The van der Waals surface area contributed by atoms with Crippen LogP contribution in [-0.4, -0.2) is 20.4 Å². The lowest BCUT2D eigenvalue weighted by atomic mass is 9.73. The Morgan fingerprint density at radius 1 is 0.400 bits per heavy atom. The summed E-state index contributed by atoms with van der Waals surface area (Å²) in [7, 11) is 0. The molecule has 0 aromatic heterocycles. The molecule has 0 unspecified atom stereocenters. The average Bonchev–Trinajstić information content (AvgIpc) is 3.01. The number of hydrogen-bond acceptors (Lipinski definition) is 4. The van der Waals surface area contributed by atoms with Crippen LogP contribution >= 0.6 is 0 Å². The van der Waals surface area contributed by atoms with Gasteiger partial charge in [-0.2, -0.15) is 0 Å². The molecule has 4 aromatic carbocycles. The van der Waals surface area contributed by atoms with Crippen LogP contribution in [0.3, 0.4) is 0 Å². The summed E-state index contributed by atoms with van der Waals surface area (Å²) in [6.45, 7) is 38.3. The van der Waals surface area contributed by atoms with E-state index in [0.717, 1.165) is 79.6 Å². The molecular formula is C51H72O4. The lowest BCUT2D eigenvalue weighted by molar-refractivity contribution is 0.421. The molecule has 0 atom stereocenters. The summed E-state index contributed by atoms with van der Waals surface area (Å²) < 4.78 is 0. The first-order valence-electron chi connectivity index (χ1n) is 20.3. The molecule has 4 rings (SSSR count). The van der Waals surface area contributed by atoms with Crippen LogP contribution in [0.25, 0.3) is 0 Å². The third-order valence-corrected chi connectivity index (χ3v) is 12.2. The zero-order valence-corrected chi connectivity index (χ0v) is 37.5. The van der Waals surface area contributed by atoms with Crippen molar-refractivity contribution >= 4 is 0 Å². The van der Waals surface area contributed by atoms with Crippen LogP contribution in [0, 0.1) is 41.5 Å². The van der Waals surface area contributed by atoms with Crippen molar-refractivity contribution in [3.63, 3.8) is 0 Å². The molecule has 0 radical (unpaired) electrons. The van der Waals surface area contributed by atoms with Gasteiger partial charge in [-0.15, -0.1) is 0 Å². The van der Waals surface area contributed by atoms with Gasteiger partial charge in [0.15, 0.2) is 0 Å². The molecule has 4 nitrogen and oxygen atoms in total. The van der Waals surface area contributed by atoms with E-state index >= 15 is 0 Å². The molecule has 55 heavy (non-hydrogen) atoms. The Morgan fingerprint density at radius 2 is 0.709 bits per heavy atom. The van der Waals surface area contributed by atoms with Gasteiger partial charge < -0.3 is 20.4 Å². The zero-order valence-electron chi connectivity index (χ0n) is 37.5. The third kappa shape index (κ3) is 8.90. The van der Waals surface area contributed by atoms with E-state index < -0.39 is 0 Å². The molecule has 4 aromatic rings. The molecule has 0 heterocycles. The standard InChI is InChI=1S/C51H72O4/c1-28-22-40(50(13,14)15)46(54)44(32(28)5)35(45-33(6)29(2)23-41(47(45)55)51(16,17)18)21-19-20-34(36-26-38(48(7,8)9)42(52)24-30(36)3)37-27-39(49(10,11)12)43(53)25-31(37)4/h22-27,34-35,52-55H,19-21H2,1-18H3. The molecule has 0 aliphatic heterocycles. The van der Waals surface area contributed by atoms with Crippen LogP contribution in [-0.2, 0) is 21.7 Å². The minimum Gasteiger partial charge on any atom is -0.508 e. The highest BCUT2D eigenvalue weighted by Gasteiger charge is 2.34. The molecule has 0 spiro atoms. The van der Waals surface area contributed by atoms with Gasteiger partial charge in [-0.25, -0.2) is 0 Å². The van der Waals surface area contributed by atoms with Crippen LogP contribution in [0.1, 0.15) is 192 Å². The lowest BCUT2D eigenvalue weighted by Crippen LogP contribution is -2.18. The topological polar surface area (TPSA) is 80.9 Å². The smallest absolute Gasteiger partial charge is 0.123 e. The maximum Gasteiger partial charge on any atom is 0.123 e. The largest absolute Gasteiger partial charge is 0.508 e. The van der Waals surface area contributed by atoms with Gasteiger partial charge in [0.25, 0.3) is 0 Å². The fourth-order valence-electron chi connectivity index (χ4n) is 8.66. The molecule has 0 amide bonds. The number of benzene rings is 4. The number of rotatable bonds is 8. The maximum absolute atomic E-state index is 12.3. The first-order valence-corrected chi connectivity index (χ1v) is 20.3. The van der Waals surface area contributed by atoms with E-state index in [1.165, 1.54) is 11.1 Å². The highest BCUT2D eigenvalue weighted by molar-refractivity contribution is 5.61. The predicted octanol–water partition coefficient (Wildman–Crippen LogP) is 13.7. The zero-order chi connectivity index (χ0) is 41.9. The van der Waals surface area contributed by atoms with Gasteiger partial charge in [0.1, 0.15) is 23.0 Å². The van der Waals surface area contributed by atoms with Crippen LogP contribution in [0.5, 0.6) is 23.0 Å². The molecule has 0 saturated carbocycles. The van der Waals surface area contributed by atoms with Crippen molar-refractivity contribution in [2.24, 2.45) is 0 Å². The van der Waals surface area contributed by atoms with Crippen LogP contribution < -0.4 is 0 Å². The third-order valence-electron chi connectivity index (χ3n) is 12.2. The van der Waals surface area contributed by atoms with Crippen molar-refractivity contribution in [1.29, 1.82) is 0 Å². The van der Waals surface area contributed by atoms with Crippen molar-refractivity contribution in [3.05, 3.63) is 114 Å². The Hall–Kier alpha value is -3.92. The number of phenols is 4. The van der Waals surface area contributed by atoms with Gasteiger partial charge in [-0.1, -0.05) is 114 Å². The Morgan fingerprint density at radius 3 is 1.02 bits per heavy atom. The molecule has 0 fully saturated rings. The Balaban J connectivity index is 2.02. The first kappa shape index (κ1) is 43.8. The molecule has 4 N–H and O–H groups in total. The number of aryl methyl sites for hydroxylation is 4. The lowest BCUT2D eigenvalue weighted by Gasteiger charge is -2.32. The second-order valence-electron chi connectivity index (χ2n) is 20.7. The monoisotopic (exact) mass is 749 g/mol. The second kappa shape index (κ2) is 15.2. The van der Waals surface area contributed by atoms with Gasteiger partial charge in [0, 0.05) is 23.0 Å². The molecule has 0 aliphatic carbocycles. The van der Waals surface area contributed by atoms with Crippen LogP contribution in [0.2, 0.25) is 0 Å². The van der Waals surface area contributed by atoms with Crippen molar-refractivity contribution in [3.8, 4) is 23.0 Å². The fourth-order valence-corrected chi connectivity index (χ4v) is 8.66. The normalized spacial score (nSPS) is 13.0. The van der Waals surface area contributed by atoms with Crippen LogP contribution in [0.4, 0.5) is 0 Å². The summed E-state index contributed by atoms with van der Waals surface area (Å²) in [5, 5.41) is 47.0. The van der Waals surface area contributed by atoms with Crippen molar-refractivity contribution in [2.45, 2.75) is 177 Å². The summed E-state index contributed by atoms with van der Waals surface area (Å²) >= 11 is 0. The molecule has 4 heteroatoms. The van der Waals surface area contributed by atoms with Gasteiger partial charge in [-0.05, 0) is 155 Å². The van der Waals surface area contributed by atoms with E-state index in [1.54, 1.807) is 0 Å². The summed E-state index contributed by atoms with van der Waals surface area (Å²) in [6.07, 6.45) is 2.28. The van der Waals surface area contributed by atoms with Gasteiger partial charge in [0.2, 0.25) is 0 Å². The van der Waals surface area contributed by atoms with Crippen LogP contribution in [0.15, 0.2) is 36.4 Å². The Labute approximate surface area is 334 Å². The van der Waals surface area contributed by atoms with Gasteiger partial charge >= 0.3 is 0 Å². The molecular weight excluding hydrogens is 677 g/mol. The summed E-state index contributed by atoms with van der Waals surface area (Å²) in [4.78, 5) is 0. The second-order valence-corrected chi connectivity index (χ2v) is 20.7. The van der Waals surface area contributed by atoms with Crippen molar-refractivity contribution in [2.75, 3.05) is 0 Å². The SMILES string of the molecule is Cc1cc(O)c(C(C)(C)C)cc1C(CCCC(c1c(C)c(C)cc(C(C)(C)C)c1O)c1c(C)c(C)cc(C(C)(C)C)c1O)c1cc(C(C)(C)C)c(O)cc1C. The number of phenolic OH excluding ortho intramolecular Hbond substituents is 4. The molecule has 0 bridgehead atoms. The maximum atomic E-state index is 12.3. The predicted molar refractivity (Wildman–Crippen MR) is 233 cm³/mol. The first-order chi connectivity index (χ1) is 25.0. The minimum atomic E-state index is -0.282. The quantitative estimate of drug-likeness (QED) is 0.145. The summed E-state index contributed by atoms with van der Waals surface area (Å²) in [5.41, 5.74) is 13.1. The summed E-state index contributed by atoms with van der Waals surface area (Å²) in [5.74, 6) is 0.973. The summed E-state index contributed by atoms with van der Waals surface area (Å²) in [6, 6.07) is 12.5. The Bertz CT molecular complexity index is 1920. The van der Waals surface area contributed by atoms with E-state index in [2.05, 4.69) is 149 Å².